The number of rotatable bonds is 6. The summed E-state index contributed by atoms with van der Waals surface area (Å²) in [6, 6.07) is 9.35. The third-order valence-corrected chi connectivity index (χ3v) is 4.37. The van der Waals surface area contributed by atoms with E-state index in [1.165, 1.54) is 6.20 Å². The van der Waals surface area contributed by atoms with Crippen LogP contribution in [0.4, 0.5) is 13.2 Å². The van der Waals surface area contributed by atoms with Crippen LogP contribution >= 0.6 is 0 Å². The maximum absolute atomic E-state index is 12.6. The van der Waals surface area contributed by atoms with Crippen molar-refractivity contribution in [3.63, 3.8) is 0 Å². The molecule has 0 fully saturated rings. The van der Waals surface area contributed by atoms with Crippen LogP contribution in [0.25, 0.3) is 11.0 Å². The molecule has 0 saturated heterocycles. The van der Waals surface area contributed by atoms with Crippen LogP contribution in [0.2, 0.25) is 0 Å². The minimum atomic E-state index is -4.54. The molecule has 2 amide bonds. The van der Waals surface area contributed by atoms with Crippen LogP contribution < -0.4 is 11.1 Å². The second-order valence-electron chi connectivity index (χ2n) is 6.54. The molecule has 4 N–H and O–H groups in total. The highest BCUT2D eigenvalue weighted by Crippen LogP contribution is 2.30. The number of aromatic nitrogens is 2. The van der Waals surface area contributed by atoms with Gasteiger partial charge in [-0.25, -0.2) is 4.98 Å². The number of alkyl halides is 3. The number of aliphatic hydroxyl groups is 1. The maximum atomic E-state index is 12.6. The second kappa shape index (κ2) is 8.46. The lowest BCUT2D eigenvalue weighted by atomic mass is 10.0. The lowest BCUT2D eigenvalue weighted by molar-refractivity contribution is -0.137. The Hall–Kier alpha value is -3.53. The topological polar surface area (TPSA) is 118 Å². The molecule has 30 heavy (non-hydrogen) atoms. The zero-order valence-electron chi connectivity index (χ0n) is 15.4. The van der Waals surface area contributed by atoms with Crippen molar-refractivity contribution in [2.24, 2.45) is 5.73 Å². The Bertz CT molecular complexity index is 1070. The average Bonchev–Trinajstić information content (AvgIpc) is 2.72. The van der Waals surface area contributed by atoms with Gasteiger partial charge in [-0.05, 0) is 29.8 Å². The molecule has 0 unspecified atom stereocenters. The fourth-order valence-corrected chi connectivity index (χ4v) is 2.78. The average molecular weight is 418 g/mol. The van der Waals surface area contributed by atoms with Crippen molar-refractivity contribution in [3.05, 3.63) is 71.5 Å². The lowest BCUT2D eigenvalue weighted by Gasteiger charge is -2.18. The molecule has 3 rings (SSSR count). The number of primary amides is 1. The number of hydrogen-bond donors (Lipinski definition) is 3. The Kier molecular flexibility index (Phi) is 5.97. The van der Waals surface area contributed by atoms with Crippen LogP contribution in [0.1, 0.15) is 22.9 Å². The first-order valence-electron chi connectivity index (χ1n) is 8.80. The van der Waals surface area contributed by atoms with Crippen molar-refractivity contribution in [1.82, 2.24) is 15.3 Å². The number of aliphatic hydroxyl groups excluding tert-OH is 1. The molecular formula is C20H17F3N4O3. The lowest BCUT2D eigenvalue weighted by Crippen LogP contribution is -2.47. The van der Waals surface area contributed by atoms with E-state index in [0.717, 1.165) is 24.3 Å². The number of carbonyl (C=O) groups is 2. The van der Waals surface area contributed by atoms with Gasteiger partial charge >= 0.3 is 6.18 Å². The highest BCUT2D eigenvalue weighted by atomic mass is 19.4. The third kappa shape index (κ3) is 4.90. The molecule has 0 aliphatic carbocycles. The number of carbonyl (C=O) groups excluding carboxylic acids is 2. The molecule has 0 spiro atoms. The van der Waals surface area contributed by atoms with E-state index in [4.69, 9.17) is 5.73 Å². The van der Waals surface area contributed by atoms with E-state index in [9.17, 15) is 27.9 Å². The van der Waals surface area contributed by atoms with Crippen LogP contribution in [-0.4, -0.2) is 32.9 Å². The van der Waals surface area contributed by atoms with Crippen LogP contribution in [-0.2, 0) is 22.2 Å². The maximum Gasteiger partial charge on any atom is 0.416 e. The van der Waals surface area contributed by atoms with Gasteiger partial charge in [0, 0.05) is 12.6 Å². The zero-order chi connectivity index (χ0) is 21.9. The van der Waals surface area contributed by atoms with Gasteiger partial charge in [0.25, 0.3) is 5.91 Å². The van der Waals surface area contributed by atoms with Gasteiger partial charge in [0.2, 0.25) is 5.91 Å². The summed E-state index contributed by atoms with van der Waals surface area (Å²) >= 11 is 0. The molecule has 2 aromatic carbocycles. The van der Waals surface area contributed by atoms with Gasteiger partial charge in [0.05, 0.1) is 22.3 Å². The summed E-state index contributed by atoms with van der Waals surface area (Å²) in [7, 11) is 0. The smallest absolute Gasteiger partial charge is 0.378 e. The largest absolute Gasteiger partial charge is 0.416 e. The van der Waals surface area contributed by atoms with E-state index < -0.39 is 35.7 Å². The van der Waals surface area contributed by atoms with Crippen LogP contribution in [0, 0.1) is 0 Å². The summed E-state index contributed by atoms with van der Waals surface area (Å²) in [5, 5.41) is 12.5. The highest BCUT2D eigenvalue weighted by Gasteiger charge is 2.31. The second-order valence-corrected chi connectivity index (χ2v) is 6.54. The quantitative estimate of drug-likeness (QED) is 0.565. The van der Waals surface area contributed by atoms with Crippen LogP contribution in [0.3, 0.4) is 0 Å². The standard InChI is InChI=1S/C20H17F3N4O3/c21-20(22,23)12-7-5-11(6-8-12)17(28)19(30)27-16(18(24)29)9-13-10-25-14-3-1-2-4-15(14)26-13/h1-8,10,16-17,28H,9H2,(H2,24,29)(H,27,30)/t16-,17-/m1/s1. The normalized spacial score (nSPS) is 13.6. The number of para-hydroxylation sites is 2. The molecule has 3 aromatic rings. The molecule has 0 aliphatic rings. The number of amides is 2. The van der Waals surface area contributed by atoms with Gasteiger partial charge < -0.3 is 16.2 Å². The number of fused-ring (bicyclic) bond motifs is 1. The van der Waals surface area contributed by atoms with Crippen LogP contribution in [0.5, 0.6) is 0 Å². The van der Waals surface area contributed by atoms with E-state index in [2.05, 4.69) is 15.3 Å². The van der Waals surface area contributed by atoms with Gasteiger partial charge in [0.1, 0.15) is 6.04 Å². The first kappa shape index (κ1) is 21.2. The monoisotopic (exact) mass is 418 g/mol. The van der Waals surface area contributed by atoms with Gasteiger partial charge in [-0.3, -0.25) is 14.6 Å². The fourth-order valence-electron chi connectivity index (χ4n) is 2.78. The number of nitrogens with two attached hydrogens (primary N) is 1. The first-order valence-corrected chi connectivity index (χ1v) is 8.80. The number of hydrogen-bond acceptors (Lipinski definition) is 5. The van der Waals surface area contributed by atoms with E-state index in [1.54, 1.807) is 24.3 Å². The van der Waals surface area contributed by atoms with Crippen molar-refractivity contribution >= 4 is 22.8 Å². The van der Waals surface area contributed by atoms with Gasteiger partial charge in [-0.1, -0.05) is 24.3 Å². The molecular weight excluding hydrogens is 401 g/mol. The van der Waals surface area contributed by atoms with Gasteiger partial charge in [0.15, 0.2) is 6.10 Å². The Morgan fingerprint density at radius 2 is 1.70 bits per heavy atom. The summed E-state index contributed by atoms with van der Waals surface area (Å²) in [5.74, 6) is -1.84. The summed E-state index contributed by atoms with van der Waals surface area (Å²) < 4.78 is 37.9. The molecule has 1 heterocycles. The van der Waals surface area contributed by atoms with Crippen molar-refractivity contribution in [3.8, 4) is 0 Å². The Labute approximate surface area is 168 Å². The van der Waals surface area contributed by atoms with E-state index in [1.807, 2.05) is 0 Å². The molecule has 7 nitrogen and oxygen atoms in total. The van der Waals surface area contributed by atoms with E-state index >= 15 is 0 Å². The molecule has 2 atom stereocenters. The van der Waals surface area contributed by atoms with Crippen LogP contribution in [0.15, 0.2) is 54.7 Å². The summed E-state index contributed by atoms with van der Waals surface area (Å²) in [6.45, 7) is 0. The summed E-state index contributed by atoms with van der Waals surface area (Å²) in [5.41, 5.74) is 6.00. The zero-order valence-corrected chi connectivity index (χ0v) is 15.4. The van der Waals surface area contributed by atoms with E-state index in [0.29, 0.717) is 16.7 Å². The predicted octanol–water partition coefficient (Wildman–Crippen LogP) is 1.89. The minimum Gasteiger partial charge on any atom is -0.378 e. The third-order valence-electron chi connectivity index (χ3n) is 4.37. The van der Waals surface area contributed by atoms with Crippen molar-refractivity contribution < 1.29 is 27.9 Å². The SMILES string of the molecule is NC(=O)[C@@H](Cc1cnc2ccccc2n1)NC(=O)[C@H](O)c1ccc(C(F)(F)F)cc1. The first-order chi connectivity index (χ1) is 14.1. The van der Waals surface area contributed by atoms with Crippen molar-refractivity contribution in [2.75, 3.05) is 0 Å². The highest BCUT2D eigenvalue weighted by molar-refractivity contribution is 5.89. The molecule has 1 aromatic heterocycles. The molecule has 10 heteroatoms. The summed E-state index contributed by atoms with van der Waals surface area (Å²) in [6.07, 6.45) is -4.95. The minimum absolute atomic E-state index is 0.0609. The molecule has 0 radical (unpaired) electrons. The van der Waals surface area contributed by atoms with Crippen molar-refractivity contribution in [2.45, 2.75) is 24.7 Å². The molecule has 0 aliphatic heterocycles. The fraction of sp³-hybridized carbons (Fsp3) is 0.200. The Balaban J connectivity index is 1.72. The summed E-state index contributed by atoms with van der Waals surface area (Å²) in [4.78, 5) is 32.6. The Morgan fingerprint density at radius 1 is 1.07 bits per heavy atom. The Morgan fingerprint density at radius 3 is 2.30 bits per heavy atom. The van der Waals surface area contributed by atoms with Crippen molar-refractivity contribution in [1.29, 1.82) is 0 Å². The van der Waals surface area contributed by atoms with Gasteiger partial charge in [-0.15, -0.1) is 0 Å². The number of halogens is 3. The van der Waals surface area contributed by atoms with Gasteiger partial charge in [-0.2, -0.15) is 13.2 Å². The predicted molar refractivity (Wildman–Crippen MR) is 101 cm³/mol. The number of benzene rings is 2. The molecule has 0 saturated carbocycles. The molecule has 156 valence electrons. The van der Waals surface area contributed by atoms with E-state index in [-0.39, 0.29) is 12.0 Å². The molecule has 0 bridgehead atoms. The number of nitrogens with one attached hydrogen (secondary N) is 1. The number of nitrogens with zero attached hydrogens (tertiary/aromatic N) is 2.